The zero-order valence-electron chi connectivity index (χ0n) is 15.4. The van der Waals surface area contributed by atoms with Gasteiger partial charge in [0.1, 0.15) is 5.56 Å². The monoisotopic (exact) mass is 407 g/mol. The summed E-state index contributed by atoms with van der Waals surface area (Å²) < 4.78 is 1.36. The van der Waals surface area contributed by atoms with Crippen molar-refractivity contribution in [3.05, 3.63) is 106 Å². The van der Waals surface area contributed by atoms with Gasteiger partial charge in [0.05, 0.1) is 10.6 Å². The van der Waals surface area contributed by atoms with Crippen LogP contribution in [0.3, 0.4) is 0 Å². The lowest BCUT2D eigenvalue weighted by molar-refractivity contribution is 0.0955. The van der Waals surface area contributed by atoms with Crippen LogP contribution < -0.4 is 16.2 Å². The highest BCUT2D eigenvalue weighted by molar-refractivity contribution is 6.34. The van der Waals surface area contributed by atoms with Crippen LogP contribution in [-0.4, -0.2) is 22.9 Å². The number of halogens is 1. The van der Waals surface area contributed by atoms with E-state index in [1.807, 2.05) is 0 Å². The molecule has 29 heavy (non-hydrogen) atoms. The molecule has 0 saturated heterocycles. The van der Waals surface area contributed by atoms with E-state index in [1.165, 1.54) is 16.7 Å². The largest absolute Gasteiger partial charge is 0.348 e. The molecule has 1 aromatic heterocycles. The minimum Gasteiger partial charge on any atom is -0.348 e. The summed E-state index contributed by atoms with van der Waals surface area (Å²) >= 11 is 6.04. The molecule has 1 heterocycles. The van der Waals surface area contributed by atoms with Gasteiger partial charge < -0.3 is 10.6 Å². The number of amides is 2. The maximum Gasteiger partial charge on any atom is 0.267 e. The normalized spacial score (nSPS) is 10.2. The highest BCUT2D eigenvalue weighted by Gasteiger charge is 2.13. The van der Waals surface area contributed by atoms with E-state index in [0.29, 0.717) is 22.0 Å². The Morgan fingerprint density at radius 1 is 0.966 bits per heavy atom. The Morgan fingerprint density at radius 3 is 2.34 bits per heavy atom. The molecule has 0 aliphatic carbocycles. The standard InChI is InChI=1S/C22H18ClN3O3/c1-2-13-24-20(27)18-7-5-14-26(22(18)29)16-11-9-15(10-12-16)25-21(28)17-6-3-4-8-19(17)23/h2-12,14H,1,13H2,(H,24,27)(H,25,28). The Labute approximate surface area is 172 Å². The van der Waals surface area contributed by atoms with Gasteiger partial charge in [-0.1, -0.05) is 29.8 Å². The van der Waals surface area contributed by atoms with Crippen LogP contribution in [0.2, 0.25) is 5.02 Å². The van der Waals surface area contributed by atoms with Crippen molar-refractivity contribution in [3.63, 3.8) is 0 Å². The number of hydrogen-bond donors (Lipinski definition) is 2. The first-order valence-electron chi connectivity index (χ1n) is 8.78. The van der Waals surface area contributed by atoms with E-state index < -0.39 is 11.5 Å². The zero-order valence-corrected chi connectivity index (χ0v) is 16.1. The van der Waals surface area contributed by atoms with Crippen LogP contribution in [0.4, 0.5) is 5.69 Å². The second-order valence-corrected chi connectivity index (χ2v) is 6.48. The first-order valence-corrected chi connectivity index (χ1v) is 9.16. The fourth-order valence-electron chi connectivity index (χ4n) is 2.68. The van der Waals surface area contributed by atoms with Crippen LogP contribution in [0, 0.1) is 0 Å². The average Bonchev–Trinajstić information content (AvgIpc) is 2.73. The number of aromatic nitrogens is 1. The molecule has 0 aliphatic rings. The van der Waals surface area contributed by atoms with E-state index in [-0.39, 0.29) is 18.0 Å². The third-order valence-corrected chi connectivity index (χ3v) is 4.45. The number of rotatable bonds is 6. The van der Waals surface area contributed by atoms with Crippen LogP contribution >= 0.6 is 11.6 Å². The first-order chi connectivity index (χ1) is 14.0. The summed E-state index contributed by atoms with van der Waals surface area (Å²) in [5.41, 5.74) is 1.07. The van der Waals surface area contributed by atoms with E-state index in [4.69, 9.17) is 11.6 Å². The highest BCUT2D eigenvalue weighted by atomic mass is 35.5. The molecule has 7 heteroatoms. The lowest BCUT2D eigenvalue weighted by atomic mass is 10.2. The number of pyridine rings is 1. The number of carbonyl (C=O) groups is 2. The summed E-state index contributed by atoms with van der Waals surface area (Å²) in [7, 11) is 0. The molecule has 2 N–H and O–H groups in total. The van der Waals surface area contributed by atoms with Crippen molar-refractivity contribution < 1.29 is 9.59 Å². The smallest absolute Gasteiger partial charge is 0.267 e. The molecule has 0 unspecified atom stereocenters. The number of anilines is 1. The summed E-state index contributed by atoms with van der Waals surface area (Å²) in [6.45, 7) is 3.80. The van der Waals surface area contributed by atoms with Gasteiger partial charge in [-0.2, -0.15) is 0 Å². The van der Waals surface area contributed by atoms with Crippen LogP contribution in [0.25, 0.3) is 5.69 Å². The second kappa shape index (κ2) is 9.03. The van der Waals surface area contributed by atoms with Gasteiger partial charge in [-0.3, -0.25) is 19.0 Å². The number of hydrogen-bond acceptors (Lipinski definition) is 3. The van der Waals surface area contributed by atoms with Gasteiger partial charge >= 0.3 is 0 Å². The first kappa shape index (κ1) is 20.1. The van der Waals surface area contributed by atoms with Gasteiger partial charge in [-0.05, 0) is 48.5 Å². The van der Waals surface area contributed by atoms with Gasteiger partial charge in [0.25, 0.3) is 17.4 Å². The van der Waals surface area contributed by atoms with Gasteiger partial charge in [-0.25, -0.2) is 0 Å². The number of benzene rings is 2. The molecule has 0 saturated carbocycles. The molecule has 3 aromatic rings. The lowest BCUT2D eigenvalue weighted by Crippen LogP contribution is -2.32. The Bertz CT molecular complexity index is 1120. The maximum atomic E-state index is 12.7. The maximum absolute atomic E-state index is 12.7. The molecule has 0 radical (unpaired) electrons. The van der Waals surface area contributed by atoms with Crippen LogP contribution in [-0.2, 0) is 0 Å². The SMILES string of the molecule is C=CCNC(=O)c1cccn(-c2ccc(NC(=O)c3ccccc3Cl)cc2)c1=O. The molecule has 0 bridgehead atoms. The minimum absolute atomic E-state index is 0.0328. The third kappa shape index (κ3) is 4.62. The molecule has 6 nitrogen and oxygen atoms in total. The lowest BCUT2D eigenvalue weighted by Gasteiger charge is -2.10. The molecular weight excluding hydrogens is 390 g/mol. The molecule has 146 valence electrons. The summed E-state index contributed by atoms with van der Waals surface area (Å²) in [4.78, 5) is 37.1. The van der Waals surface area contributed by atoms with E-state index in [0.717, 1.165) is 0 Å². The minimum atomic E-state index is -0.465. The van der Waals surface area contributed by atoms with Crippen molar-refractivity contribution in [3.8, 4) is 5.69 Å². The molecule has 0 fully saturated rings. The quantitative estimate of drug-likeness (QED) is 0.612. The predicted octanol–water partition coefficient (Wildman–Crippen LogP) is 3.66. The second-order valence-electron chi connectivity index (χ2n) is 6.08. The zero-order chi connectivity index (χ0) is 20.8. The summed E-state index contributed by atoms with van der Waals surface area (Å²) in [6, 6.07) is 16.5. The van der Waals surface area contributed by atoms with Crippen molar-refractivity contribution in [2.75, 3.05) is 11.9 Å². The average molecular weight is 408 g/mol. The van der Waals surface area contributed by atoms with Crippen LogP contribution in [0.15, 0.2) is 84.3 Å². The summed E-state index contributed by atoms with van der Waals surface area (Å²) in [5.74, 6) is -0.797. The molecule has 3 rings (SSSR count). The Morgan fingerprint density at radius 2 is 1.66 bits per heavy atom. The number of nitrogens with zero attached hydrogens (tertiary/aromatic N) is 1. The molecule has 2 amide bonds. The van der Waals surface area contributed by atoms with E-state index in [1.54, 1.807) is 60.8 Å². The van der Waals surface area contributed by atoms with Crippen molar-refractivity contribution in [1.82, 2.24) is 9.88 Å². The topological polar surface area (TPSA) is 80.2 Å². The van der Waals surface area contributed by atoms with Gasteiger partial charge in [0, 0.05) is 24.1 Å². The van der Waals surface area contributed by atoms with Gasteiger partial charge in [0.2, 0.25) is 0 Å². The predicted molar refractivity (Wildman–Crippen MR) is 114 cm³/mol. The van der Waals surface area contributed by atoms with Crippen molar-refractivity contribution in [2.24, 2.45) is 0 Å². The van der Waals surface area contributed by atoms with E-state index in [9.17, 15) is 14.4 Å². The summed E-state index contributed by atoms with van der Waals surface area (Å²) in [6.07, 6.45) is 3.11. The van der Waals surface area contributed by atoms with Crippen molar-refractivity contribution in [2.45, 2.75) is 0 Å². The van der Waals surface area contributed by atoms with Crippen molar-refractivity contribution >= 4 is 29.1 Å². The fourth-order valence-corrected chi connectivity index (χ4v) is 2.90. The molecular formula is C22H18ClN3O3. The Hall–Kier alpha value is -3.64. The molecule has 0 aliphatic heterocycles. The number of nitrogens with one attached hydrogen (secondary N) is 2. The van der Waals surface area contributed by atoms with Crippen LogP contribution in [0.5, 0.6) is 0 Å². The van der Waals surface area contributed by atoms with E-state index in [2.05, 4.69) is 17.2 Å². The van der Waals surface area contributed by atoms with Gasteiger partial charge in [0.15, 0.2) is 0 Å². The molecule has 0 atom stereocenters. The summed E-state index contributed by atoms with van der Waals surface area (Å²) in [5, 5.41) is 5.71. The molecule has 0 spiro atoms. The molecule has 2 aromatic carbocycles. The van der Waals surface area contributed by atoms with Gasteiger partial charge in [-0.15, -0.1) is 6.58 Å². The third-order valence-electron chi connectivity index (χ3n) is 4.12. The van der Waals surface area contributed by atoms with Crippen molar-refractivity contribution in [1.29, 1.82) is 0 Å². The van der Waals surface area contributed by atoms with E-state index >= 15 is 0 Å². The Kier molecular flexibility index (Phi) is 6.26. The number of carbonyl (C=O) groups excluding carboxylic acids is 2. The van der Waals surface area contributed by atoms with Crippen LogP contribution in [0.1, 0.15) is 20.7 Å². The Balaban J connectivity index is 1.81. The fraction of sp³-hybridized carbons (Fsp3) is 0.0455. The highest BCUT2D eigenvalue weighted by Crippen LogP contribution is 2.18.